The second-order valence-corrected chi connectivity index (χ2v) is 8.41. The van der Waals surface area contributed by atoms with Crippen LogP contribution in [0.1, 0.15) is 27.2 Å². The molecule has 0 atom stereocenters. The van der Waals surface area contributed by atoms with Crippen molar-refractivity contribution in [2.24, 2.45) is 5.10 Å². The lowest BCUT2D eigenvalue weighted by atomic mass is 10.1. The molecule has 0 spiro atoms. The summed E-state index contributed by atoms with van der Waals surface area (Å²) in [6.07, 6.45) is 0.990. The minimum absolute atomic E-state index is 0.00423. The van der Waals surface area contributed by atoms with Crippen molar-refractivity contribution in [2.45, 2.75) is 12.8 Å². The van der Waals surface area contributed by atoms with E-state index in [9.17, 15) is 9.59 Å². The van der Waals surface area contributed by atoms with Gasteiger partial charge in [-0.25, -0.2) is 5.01 Å². The predicted octanol–water partition coefficient (Wildman–Crippen LogP) is 3.05. The number of hydrazone groups is 1. The van der Waals surface area contributed by atoms with Crippen molar-refractivity contribution in [3.05, 3.63) is 56.7 Å². The molecule has 146 valence electrons. The van der Waals surface area contributed by atoms with Crippen LogP contribution in [0.3, 0.4) is 0 Å². The molecule has 2 aliphatic rings. The zero-order valence-corrected chi connectivity index (χ0v) is 16.8. The zero-order valence-electron chi connectivity index (χ0n) is 15.3. The fraction of sp³-hybridized carbons (Fsp3) is 0.350. The lowest BCUT2D eigenvalue weighted by Gasteiger charge is -2.26. The van der Waals surface area contributed by atoms with E-state index in [1.165, 1.54) is 16.3 Å². The molecule has 2 aromatic rings. The summed E-state index contributed by atoms with van der Waals surface area (Å²) in [5.41, 5.74) is 2.40. The summed E-state index contributed by atoms with van der Waals surface area (Å²) in [5, 5.41) is 5.98. The van der Waals surface area contributed by atoms with Crippen LogP contribution in [0.2, 0.25) is 4.34 Å². The summed E-state index contributed by atoms with van der Waals surface area (Å²) >= 11 is 7.45. The van der Waals surface area contributed by atoms with E-state index in [-0.39, 0.29) is 18.2 Å². The summed E-state index contributed by atoms with van der Waals surface area (Å²) in [4.78, 5) is 27.9. The molecule has 0 N–H and O–H groups in total. The number of rotatable bonds is 4. The van der Waals surface area contributed by atoms with Crippen molar-refractivity contribution < 1.29 is 14.3 Å². The van der Waals surface area contributed by atoms with Gasteiger partial charge in [-0.05, 0) is 29.8 Å². The number of ether oxygens (including phenoxy) is 1. The average Bonchev–Trinajstić information content (AvgIpc) is 3.38. The number of benzene rings is 1. The van der Waals surface area contributed by atoms with Gasteiger partial charge in [0.2, 0.25) is 5.91 Å². The number of amides is 2. The molecular weight excluding hydrogens is 398 g/mol. The maximum Gasteiger partial charge on any atom is 0.254 e. The number of hydrogen-bond donors (Lipinski definition) is 0. The van der Waals surface area contributed by atoms with E-state index < -0.39 is 0 Å². The Bertz CT molecular complexity index is 904. The van der Waals surface area contributed by atoms with Gasteiger partial charge >= 0.3 is 0 Å². The van der Waals surface area contributed by atoms with Crippen molar-refractivity contribution in [1.29, 1.82) is 0 Å². The molecule has 8 heteroatoms. The molecule has 1 aromatic carbocycles. The van der Waals surface area contributed by atoms with Gasteiger partial charge < -0.3 is 9.64 Å². The first-order chi connectivity index (χ1) is 13.6. The zero-order chi connectivity index (χ0) is 19.5. The highest BCUT2D eigenvalue weighted by Gasteiger charge is 2.23. The van der Waals surface area contributed by atoms with Gasteiger partial charge in [-0.2, -0.15) is 5.10 Å². The molecule has 1 aromatic heterocycles. The summed E-state index contributed by atoms with van der Waals surface area (Å²) in [6.45, 7) is 2.97. The van der Waals surface area contributed by atoms with Crippen LogP contribution in [-0.4, -0.2) is 60.3 Å². The molecule has 0 unspecified atom stereocenters. The normalized spacial score (nSPS) is 17.0. The fourth-order valence-corrected chi connectivity index (χ4v) is 4.32. The first kappa shape index (κ1) is 19.1. The third-order valence-corrected chi connectivity index (χ3v) is 6.08. The Balaban J connectivity index is 1.37. The quantitative estimate of drug-likeness (QED) is 0.768. The van der Waals surface area contributed by atoms with Gasteiger partial charge in [0.1, 0.15) is 0 Å². The van der Waals surface area contributed by atoms with E-state index in [2.05, 4.69) is 5.10 Å². The third-order valence-electron chi connectivity index (χ3n) is 4.80. The Morgan fingerprint density at radius 1 is 1.07 bits per heavy atom. The molecule has 0 saturated carbocycles. The predicted molar refractivity (Wildman–Crippen MR) is 109 cm³/mol. The first-order valence-electron chi connectivity index (χ1n) is 9.20. The number of halogens is 1. The Morgan fingerprint density at radius 2 is 1.82 bits per heavy atom. The van der Waals surface area contributed by atoms with Crippen molar-refractivity contribution in [3.8, 4) is 0 Å². The van der Waals surface area contributed by atoms with E-state index >= 15 is 0 Å². The summed E-state index contributed by atoms with van der Waals surface area (Å²) in [6, 6.07) is 11.0. The molecule has 28 heavy (non-hydrogen) atoms. The highest BCUT2D eigenvalue weighted by Crippen LogP contribution is 2.25. The van der Waals surface area contributed by atoms with Gasteiger partial charge in [0.15, 0.2) is 0 Å². The largest absolute Gasteiger partial charge is 0.378 e. The van der Waals surface area contributed by atoms with Gasteiger partial charge in [-0.15, -0.1) is 11.3 Å². The Kier molecular flexibility index (Phi) is 5.75. The molecule has 1 saturated heterocycles. The number of hydrogen-bond acceptors (Lipinski definition) is 5. The Morgan fingerprint density at radius 3 is 2.50 bits per heavy atom. The van der Waals surface area contributed by atoms with Gasteiger partial charge in [0, 0.05) is 25.1 Å². The fourth-order valence-electron chi connectivity index (χ4n) is 3.26. The van der Waals surface area contributed by atoms with E-state index in [1.54, 1.807) is 17.0 Å². The van der Waals surface area contributed by atoms with E-state index in [4.69, 9.17) is 16.3 Å². The van der Waals surface area contributed by atoms with Crippen LogP contribution in [-0.2, 0) is 16.0 Å². The van der Waals surface area contributed by atoms with Crippen LogP contribution in [0.4, 0.5) is 0 Å². The molecule has 3 heterocycles. The summed E-state index contributed by atoms with van der Waals surface area (Å²) in [5.74, 6) is -0.0468. The van der Waals surface area contributed by atoms with Gasteiger partial charge in [0.25, 0.3) is 5.91 Å². The maximum absolute atomic E-state index is 12.6. The SMILES string of the molecule is O=C(c1ccc(CC(=O)N2CCC(c3ccc(Cl)s3)=N2)cc1)N1CCOCC1. The lowest BCUT2D eigenvalue weighted by molar-refractivity contribution is -0.130. The highest BCUT2D eigenvalue weighted by molar-refractivity contribution is 7.18. The number of thiophene rings is 1. The topological polar surface area (TPSA) is 62.2 Å². The van der Waals surface area contributed by atoms with E-state index in [0.29, 0.717) is 42.7 Å². The summed E-state index contributed by atoms with van der Waals surface area (Å²) in [7, 11) is 0. The molecule has 4 rings (SSSR count). The molecule has 6 nitrogen and oxygen atoms in total. The Hall–Kier alpha value is -2.22. The van der Waals surface area contributed by atoms with Crippen molar-refractivity contribution in [1.82, 2.24) is 9.91 Å². The second kappa shape index (κ2) is 8.43. The second-order valence-electron chi connectivity index (χ2n) is 6.70. The maximum atomic E-state index is 12.6. The monoisotopic (exact) mass is 417 g/mol. The van der Waals surface area contributed by atoms with Crippen molar-refractivity contribution >= 4 is 40.5 Å². The van der Waals surface area contributed by atoms with Crippen LogP contribution >= 0.6 is 22.9 Å². The number of nitrogens with zero attached hydrogens (tertiary/aromatic N) is 3. The average molecular weight is 418 g/mol. The molecule has 2 aliphatic heterocycles. The minimum Gasteiger partial charge on any atom is -0.378 e. The lowest BCUT2D eigenvalue weighted by Crippen LogP contribution is -2.40. The van der Waals surface area contributed by atoms with Gasteiger partial charge in [-0.1, -0.05) is 23.7 Å². The van der Waals surface area contributed by atoms with Crippen LogP contribution in [0, 0.1) is 0 Å². The molecule has 1 fully saturated rings. The van der Waals surface area contributed by atoms with Crippen LogP contribution < -0.4 is 0 Å². The molecule has 2 amide bonds. The van der Waals surface area contributed by atoms with Crippen LogP contribution in [0.15, 0.2) is 41.5 Å². The molecule has 0 radical (unpaired) electrons. The third kappa shape index (κ3) is 4.27. The van der Waals surface area contributed by atoms with E-state index in [0.717, 1.165) is 22.6 Å². The smallest absolute Gasteiger partial charge is 0.254 e. The molecule has 0 aliphatic carbocycles. The van der Waals surface area contributed by atoms with Gasteiger partial charge in [0.05, 0.1) is 41.1 Å². The summed E-state index contributed by atoms with van der Waals surface area (Å²) < 4.78 is 6.00. The van der Waals surface area contributed by atoms with Gasteiger partial charge in [-0.3, -0.25) is 9.59 Å². The molecular formula is C20H20ClN3O3S. The van der Waals surface area contributed by atoms with Crippen molar-refractivity contribution in [2.75, 3.05) is 32.8 Å². The minimum atomic E-state index is -0.0510. The first-order valence-corrected chi connectivity index (χ1v) is 10.4. The number of morpholine rings is 1. The Labute approximate surface area is 172 Å². The van der Waals surface area contributed by atoms with E-state index in [1.807, 2.05) is 24.3 Å². The van der Waals surface area contributed by atoms with Crippen molar-refractivity contribution in [3.63, 3.8) is 0 Å². The number of carbonyl (C=O) groups is 2. The van der Waals surface area contributed by atoms with Crippen LogP contribution in [0.5, 0.6) is 0 Å². The van der Waals surface area contributed by atoms with Crippen LogP contribution in [0.25, 0.3) is 0 Å². The standard InChI is InChI=1S/C20H20ClN3O3S/c21-18-6-5-17(28-18)16-7-8-24(22-16)19(25)13-14-1-3-15(4-2-14)20(26)23-9-11-27-12-10-23/h1-6H,7-13H2. The molecule has 0 bridgehead atoms. The highest BCUT2D eigenvalue weighted by atomic mass is 35.5. The number of carbonyl (C=O) groups excluding carboxylic acids is 2.